The molecule has 0 saturated carbocycles. The van der Waals surface area contributed by atoms with Gasteiger partial charge in [-0.05, 0) is 52.2 Å². The number of likely N-dealkylation sites (tertiary alicyclic amines) is 2. The van der Waals surface area contributed by atoms with Crippen LogP contribution in [0.4, 0.5) is 4.79 Å². The van der Waals surface area contributed by atoms with Gasteiger partial charge in [0.25, 0.3) is 5.91 Å². The number of hydrogen-bond acceptors (Lipinski definition) is 3. The topological polar surface area (TPSA) is 54.8 Å². The summed E-state index contributed by atoms with van der Waals surface area (Å²) in [5.41, 5.74) is 0.302. The fourth-order valence-electron chi connectivity index (χ4n) is 3.23. The van der Waals surface area contributed by atoms with Gasteiger partial charge in [0.1, 0.15) is 11.3 Å². The quantitative estimate of drug-likeness (QED) is 0.836. The Hall–Kier alpha value is -1.98. The predicted octanol–water partition coefficient (Wildman–Crippen LogP) is 2.91. The van der Waals surface area contributed by atoms with Crippen LogP contribution in [0.25, 0.3) is 0 Å². The molecular formula is C18H27N3O3. The third-order valence-corrected chi connectivity index (χ3v) is 4.65. The summed E-state index contributed by atoms with van der Waals surface area (Å²) in [5, 5.41) is 0. The first-order valence-electron chi connectivity index (χ1n) is 8.79. The second kappa shape index (κ2) is 6.49. The van der Waals surface area contributed by atoms with Crippen molar-refractivity contribution in [2.75, 3.05) is 26.2 Å². The molecule has 3 rings (SSSR count). The summed E-state index contributed by atoms with van der Waals surface area (Å²) in [7, 11) is 0. The molecule has 1 aromatic rings. The fraction of sp³-hybridized carbons (Fsp3) is 0.667. The average molecular weight is 333 g/mol. The SMILES string of the molecule is CC(C)(C)OC(=O)N1CCC(n2cccc2C(=O)N2CCC2)CC1. The normalized spacial score (nSPS) is 19.1. The Morgan fingerprint density at radius 2 is 1.75 bits per heavy atom. The summed E-state index contributed by atoms with van der Waals surface area (Å²) in [6.45, 7) is 8.69. The Morgan fingerprint density at radius 3 is 2.29 bits per heavy atom. The van der Waals surface area contributed by atoms with Gasteiger partial charge in [-0.25, -0.2) is 4.79 Å². The van der Waals surface area contributed by atoms with Gasteiger partial charge >= 0.3 is 6.09 Å². The first kappa shape index (κ1) is 16.9. The van der Waals surface area contributed by atoms with Crippen LogP contribution in [0.15, 0.2) is 18.3 Å². The van der Waals surface area contributed by atoms with E-state index < -0.39 is 5.60 Å². The van der Waals surface area contributed by atoms with Gasteiger partial charge in [-0.1, -0.05) is 0 Å². The molecule has 2 amide bonds. The molecule has 2 aliphatic rings. The molecule has 3 heterocycles. The highest BCUT2D eigenvalue weighted by atomic mass is 16.6. The van der Waals surface area contributed by atoms with Crippen LogP contribution in [0, 0.1) is 0 Å². The largest absolute Gasteiger partial charge is 0.444 e. The first-order chi connectivity index (χ1) is 11.3. The lowest BCUT2D eigenvalue weighted by molar-refractivity contribution is 0.0186. The average Bonchev–Trinajstić information content (AvgIpc) is 2.93. The van der Waals surface area contributed by atoms with E-state index in [1.54, 1.807) is 4.90 Å². The van der Waals surface area contributed by atoms with Crippen molar-refractivity contribution in [2.24, 2.45) is 0 Å². The molecule has 0 radical (unpaired) electrons. The van der Waals surface area contributed by atoms with Crippen molar-refractivity contribution in [3.8, 4) is 0 Å². The van der Waals surface area contributed by atoms with Gasteiger partial charge in [-0.2, -0.15) is 0 Å². The van der Waals surface area contributed by atoms with Gasteiger partial charge in [-0.3, -0.25) is 4.79 Å². The molecule has 2 aliphatic heterocycles. The lowest BCUT2D eigenvalue weighted by atomic mass is 10.0. The van der Waals surface area contributed by atoms with E-state index in [1.807, 2.05) is 44.0 Å². The maximum absolute atomic E-state index is 12.5. The number of piperidine rings is 1. The summed E-state index contributed by atoms with van der Waals surface area (Å²) in [6.07, 6.45) is 4.52. The molecule has 2 saturated heterocycles. The summed E-state index contributed by atoms with van der Waals surface area (Å²) >= 11 is 0. The maximum Gasteiger partial charge on any atom is 0.410 e. The summed E-state index contributed by atoms with van der Waals surface area (Å²) < 4.78 is 7.53. The molecule has 24 heavy (non-hydrogen) atoms. The molecule has 0 atom stereocenters. The van der Waals surface area contributed by atoms with Gasteiger partial charge < -0.3 is 19.1 Å². The van der Waals surface area contributed by atoms with Crippen LogP contribution in [-0.2, 0) is 4.74 Å². The van der Waals surface area contributed by atoms with E-state index >= 15 is 0 Å². The minimum Gasteiger partial charge on any atom is -0.444 e. The number of carbonyl (C=O) groups is 2. The third kappa shape index (κ3) is 3.57. The molecular weight excluding hydrogens is 306 g/mol. The van der Waals surface area contributed by atoms with Crippen molar-refractivity contribution in [2.45, 2.75) is 51.7 Å². The molecule has 6 nitrogen and oxygen atoms in total. The van der Waals surface area contributed by atoms with Crippen LogP contribution in [0.2, 0.25) is 0 Å². The molecule has 2 fully saturated rings. The lowest BCUT2D eigenvalue weighted by Gasteiger charge is -2.35. The minimum atomic E-state index is -0.467. The minimum absolute atomic E-state index is 0.126. The van der Waals surface area contributed by atoms with Crippen molar-refractivity contribution < 1.29 is 14.3 Å². The first-order valence-corrected chi connectivity index (χ1v) is 8.79. The van der Waals surface area contributed by atoms with Crippen molar-refractivity contribution in [1.29, 1.82) is 0 Å². The van der Waals surface area contributed by atoms with E-state index in [1.165, 1.54) is 0 Å². The number of aromatic nitrogens is 1. The Morgan fingerprint density at radius 1 is 1.08 bits per heavy atom. The highest BCUT2D eigenvalue weighted by molar-refractivity contribution is 5.93. The monoisotopic (exact) mass is 333 g/mol. The van der Waals surface area contributed by atoms with Gasteiger partial charge in [-0.15, -0.1) is 0 Å². The molecule has 0 spiro atoms. The highest BCUT2D eigenvalue weighted by Gasteiger charge is 2.30. The molecule has 6 heteroatoms. The molecule has 0 bridgehead atoms. The second-order valence-electron chi connectivity index (χ2n) is 7.65. The van der Waals surface area contributed by atoms with Crippen LogP contribution in [0.1, 0.15) is 56.6 Å². The summed E-state index contributed by atoms with van der Waals surface area (Å²) in [4.78, 5) is 28.3. The summed E-state index contributed by atoms with van der Waals surface area (Å²) in [6, 6.07) is 4.10. The van der Waals surface area contributed by atoms with Crippen LogP contribution in [-0.4, -0.2) is 58.1 Å². The van der Waals surface area contributed by atoms with Crippen molar-refractivity contribution in [1.82, 2.24) is 14.4 Å². The Kier molecular flexibility index (Phi) is 4.56. The van der Waals surface area contributed by atoms with Crippen molar-refractivity contribution in [3.05, 3.63) is 24.0 Å². The van der Waals surface area contributed by atoms with Crippen LogP contribution < -0.4 is 0 Å². The molecule has 0 aliphatic carbocycles. The number of rotatable bonds is 2. The van der Waals surface area contributed by atoms with Crippen molar-refractivity contribution in [3.63, 3.8) is 0 Å². The fourth-order valence-corrected chi connectivity index (χ4v) is 3.23. The number of nitrogens with zero attached hydrogens (tertiary/aromatic N) is 3. The van der Waals surface area contributed by atoms with E-state index in [-0.39, 0.29) is 18.0 Å². The van der Waals surface area contributed by atoms with Gasteiger partial charge in [0.15, 0.2) is 0 Å². The van der Waals surface area contributed by atoms with E-state index in [0.29, 0.717) is 13.1 Å². The lowest BCUT2D eigenvalue weighted by Crippen LogP contribution is -2.44. The smallest absolute Gasteiger partial charge is 0.410 e. The Bertz CT molecular complexity index is 605. The molecule has 0 unspecified atom stereocenters. The number of carbonyl (C=O) groups excluding carboxylic acids is 2. The van der Waals surface area contributed by atoms with E-state index in [4.69, 9.17) is 4.74 Å². The van der Waals surface area contributed by atoms with Crippen LogP contribution >= 0.6 is 0 Å². The Balaban J connectivity index is 1.60. The van der Waals surface area contributed by atoms with Gasteiger partial charge in [0.05, 0.1) is 0 Å². The predicted molar refractivity (Wildman–Crippen MR) is 91.0 cm³/mol. The van der Waals surface area contributed by atoms with Crippen LogP contribution in [0.5, 0.6) is 0 Å². The van der Waals surface area contributed by atoms with Crippen LogP contribution in [0.3, 0.4) is 0 Å². The molecule has 1 aromatic heterocycles. The third-order valence-electron chi connectivity index (χ3n) is 4.65. The zero-order chi connectivity index (χ0) is 17.3. The van der Waals surface area contributed by atoms with E-state index in [2.05, 4.69) is 4.57 Å². The Labute approximate surface area is 143 Å². The zero-order valence-electron chi connectivity index (χ0n) is 14.8. The number of hydrogen-bond donors (Lipinski definition) is 0. The zero-order valence-corrected chi connectivity index (χ0v) is 14.8. The summed E-state index contributed by atoms with van der Waals surface area (Å²) in [5.74, 6) is 0.126. The van der Waals surface area contributed by atoms with Gasteiger partial charge in [0.2, 0.25) is 0 Å². The standard InChI is InChI=1S/C18H27N3O3/c1-18(2,3)24-17(23)20-12-7-14(8-13-20)21-11-4-6-15(21)16(22)19-9-5-10-19/h4,6,11,14H,5,7-10,12-13H2,1-3H3. The molecule has 0 N–H and O–H groups in total. The van der Waals surface area contributed by atoms with E-state index in [9.17, 15) is 9.59 Å². The van der Waals surface area contributed by atoms with E-state index in [0.717, 1.165) is 38.0 Å². The number of amides is 2. The maximum atomic E-state index is 12.5. The molecule has 132 valence electrons. The highest BCUT2D eigenvalue weighted by Crippen LogP contribution is 2.26. The number of ether oxygens (including phenoxy) is 1. The second-order valence-corrected chi connectivity index (χ2v) is 7.65. The molecule has 0 aromatic carbocycles. The van der Waals surface area contributed by atoms with Gasteiger partial charge in [0, 0.05) is 38.4 Å². The van der Waals surface area contributed by atoms with Crippen molar-refractivity contribution >= 4 is 12.0 Å².